The van der Waals surface area contributed by atoms with Crippen molar-refractivity contribution < 1.29 is 13.5 Å². The lowest BCUT2D eigenvalue weighted by Gasteiger charge is -2.29. The van der Waals surface area contributed by atoms with Crippen LogP contribution in [0.15, 0.2) is 29.3 Å². The van der Waals surface area contributed by atoms with Gasteiger partial charge >= 0.3 is 0 Å². The monoisotopic (exact) mass is 448 g/mol. The number of hydrogen-bond donors (Lipinski definition) is 2. The number of aliphatic imine (C=N–C) groups is 1. The van der Waals surface area contributed by atoms with Crippen molar-refractivity contribution >= 4 is 33.4 Å². The number of aromatic amines is 1. The molecule has 0 amide bonds. The number of para-hydroxylation sites is 1. The molecule has 1 atom stereocenters. The Morgan fingerprint density at radius 1 is 1.23 bits per heavy atom. The van der Waals surface area contributed by atoms with Gasteiger partial charge in [-0.05, 0) is 31.4 Å². The smallest absolute Gasteiger partial charge is 0.248 e. The molecular weight excluding hydrogens is 418 g/mol. The molecule has 5 nitrogen and oxygen atoms in total. The second kappa shape index (κ2) is 9.08. The number of hydrogen-bond acceptors (Lipinski definition) is 5. The summed E-state index contributed by atoms with van der Waals surface area (Å²) in [6.45, 7) is 4.79. The van der Waals surface area contributed by atoms with Crippen LogP contribution in [-0.2, 0) is 4.74 Å². The molecule has 2 aliphatic heterocycles. The normalized spacial score (nSPS) is 25.1. The molecule has 5 rings (SSSR count). The predicted molar refractivity (Wildman–Crippen MR) is 124 cm³/mol. The molecule has 0 radical (unpaired) electrons. The molecule has 1 aromatic heterocycles. The van der Waals surface area contributed by atoms with Gasteiger partial charge < -0.3 is 15.0 Å². The van der Waals surface area contributed by atoms with Gasteiger partial charge in [0.1, 0.15) is 5.04 Å². The summed E-state index contributed by atoms with van der Waals surface area (Å²) in [4.78, 5) is 11.0. The molecule has 3 heterocycles. The van der Waals surface area contributed by atoms with E-state index in [0.29, 0.717) is 18.9 Å². The summed E-state index contributed by atoms with van der Waals surface area (Å²) in [5, 5.41) is 5.71. The number of nitrogens with one attached hydrogen (secondary N) is 2. The first-order valence-corrected chi connectivity index (χ1v) is 12.3. The number of rotatable bonds is 6. The standard InChI is InChI=1S/C23H30F2N4OS/c24-23(25)7-4-17(5-8-23)26-19-3-1-2-16-14-20(28-21(16)19)22-27-18(15-31-22)6-9-29-10-12-30-13-11-29/h1-3,14,17-18,26,28H,4-13,15H2/t18-/m0/s1. The van der Waals surface area contributed by atoms with E-state index in [1.807, 2.05) is 23.9 Å². The number of ether oxygens (including phenoxy) is 1. The van der Waals surface area contributed by atoms with Crippen molar-refractivity contribution in [3.8, 4) is 0 Å². The second-order valence-electron chi connectivity index (χ2n) is 8.87. The summed E-state index contributed by atoms with van der Waals surface area (Å²) in [6, 6.07) is 8.76. The number of nitrogens with zero attached hydrogens (tertiary/aromatic N) is 2. The molecule has 3 aliphatic rings. The maximum Gasteiger partial charge on any atom is 0.248 e. The van der Waals surface area contributed by atoms with Crippen molar-refractivity contribution in [2.24, 2.45) is 4.99 Å². The molecular formula is C23H30F2N4OS. The average Bonchev–Trinajstić information content (AvgIpc) is 3.42. The van der Waals surface area contributed by atoms with E-state index in [-0.39, 0.29) is 18.9 Å². The summed E-state index contributed by atoms with van der Waals surface area (Å²) in [7, 11) is 0. The molecule has 1 saturated heterocycles. The maximum absolute atomic E-state index is 13.5. The van der Waals surface area contributed by atoms with Crippen molar-refractivity contribution in [2.75, 3.05) is 43.9 Å². The van der Waals surface area contributed by atoms with Gasteiger partial charge in [0.15, 0.2) is 0 Å². The molecule has 31 heavy (non-hydrogen) atoms. The van der Waals surface area contributed by atoms with E-state index < -0.39 is 5.92 Å². The molecule has 2 aromatic rings. The zero-order valence-electron chi connectivity index (χ0n) is 17.7. The lowest BCUT2D eigenvalue weighted by Crippen LogP contribution is -2.37. The molecule has 2 N–H and O–H groups in total. The summed E-state index contributed by atoms with van der Waals surface area (Å²) in [5.41, 5.74) is 3.08. The van der Waals surface area contributed by atoms with E-state index in [1.165, 1.54) is 0 Å². The van der Waals surface area contributed by atoms with Crippen LogP contribution in [0, 0.1) is 0 Å². The van der Waals surface area contributed by atoms with Crippen LogP contribution in [0.2, 0.25) is 0 Å². The number of benzene rings is 1. The van der Waals surface area contributed by atoms with Crippen LogP contribution in [0.3, 0.4) is 0 Å². The summed E-state index contributed by atoms with van der Waals surface area (Å²) in [6.07, 6.45) is 2.02. The number of H-pyrrole nitrogens is 1. The number of thioether (sulfide) groups is 1. The molecule has 0 unspecified atom stereocenters. The van der Waals surface area contributed by atoms with Gasteiger partial charge in [-0.15, -0.1) is 11.8 Å². The summed E-state index contributed by atoms with van der Waals surface area (Å²) >= 11 is 1.82. The highest BCUT2D eigenvalue weighted by Gasteiger charge is 2.35. The summed E-state index contributed by atoms with van der Waals surface area (Å²) < 4.78 is 32.4. The molecule has 0 bridgehead atoms. The van der Waals surface area contributed by atoms with Gasteiger partial charge in [-0.2, -0.15) is 0 Å². The number of fused-ring (bicyclic) bond motifs is 1. The number of aromatic nitrogens is 1. The molecule has 2 fully saturated rings. The lowest BCUT2D eigenvalue weighted by molar-refractivity contribution is -0.0360. The molecule has 1 saturated carbocycles. The van der Waals surface area contributed by atoms with E-state index in [9.17, 15) is 8.78 Å². The van der Waals surface area contributed by atoms with Gasteiger partial charge in [0.25, 0.3) is 0 Å². The first-order chi connectivity index (χ1) is 15.1. The summed E-state index contributed by atoms with van der Waals surface area (Å²) in [5.74, 6) is -1.48. The fraction of sp³-hybridized carbons (Fsp3) is 0.609. The number of morpholine rings is 1. The minimum absolute atomic E-state index is 0.0318. The first kappa shape index (κ1) is 21.2. The van der Waals surface area contributed by atoms with Crippen LogP contribution < -0.4 is 5.32 Å². The lowest BCUT2D eigenvalue weighted by atomic mass is 9.92. The Hall–Kier alpha value is -1.64. The van der Waals surface area contributed by atoms with Gasteiger partial charge in [0, 0.05) is 49.7 Å². The average molecular weight is 449 g/mol. The number of anilines is 1. The van der Waals surface area contributed by atoms with Crippen LogP contribution in [0.5, 0.6) is 0 Å². The van der Waals surface area contributed by atoms with Gasteiger partial charge in [-0.25, -0.2) is 8.78 Å². The fourth-order valence-corrected chi connectivity index (χ4v) is 5.74. The third kappa shape index (κ3) is 5.07. The van der Waals surface area contributed by atoms with Gasteiger partial charge in [0.2, 0.25) is 5.92 Å². The van der Waals surface area contributed by atoms with Crippen molar-refractivity contribution in [3.05, 3.63) is 30.0 Å². The highest BCUT2D eigenvalue weighted by atomic mass is 32.2. The molecule has 8 heteroatoms. The number of halogens is 2. The molecule has 1 aliphatic carbocycles. The van der Waals surface area contributed by atoms with E-state index in [2.05, 4.69) is 27.3 Å². The Morgan fingerprint density at radius 2 is 2.03 bits per heavy atom. The Balaban J connectivity index is 1.25. The van der Waals surface area contributed by atoms with Crippen molar-refractivity contribution in [2.45, 2.75) is 50.1 Å². The number of alkyl halides is 2. The van der Waals surface area contributed by atoms with Gasteiger partial charge in [-0.3, -0.25) is 9.89 Å². The highest BCUT2D eigenvalue weighted by molar-refractivity contribution is 8.14. The van der Waals surface area contributed by atoms with Crippen molar-refractivity contribution in [3.63, 3.8) is 0 Å². The van der Waals surface area contributed by atoms with Crippen LogP contribution in [0.25, 0.3) is 10.9 Å². The largest absolute Gasteiger partial charge is 0.381 e. The van der Waals surface area contributed by atoms with Crippen LogP contribution in [0.1, 0.15) is 37.8 Å². The Kier molecular flexibility index (Phi) is 6.21. The van der Waals surface area contributed by atoms with Crippen molar-refractivity contribution in [1.29, 1.82) is 0 Å². The minimum Gasteiger partial charge on any atom is -0.381 e. The Bertz CT molecular complexity index is 931. The quantitative estimate of drug-likeness (QED) is 0.670. The highest BCUT2D eigenvalue weighted by Crippen LogP contribution is 2.35. The third-order valence-corrected chi connectivity index (χ3v) is 7.71. The maximum atomic E-state index is 13.5. The van der Waals surface area contributed by atoms with E-state index in [4.69, 9.17) is 9.73 Å². The zero-order valence-corrected chi connectivity index (χ0v) is 18.5. The van der Waals surface area contributed by atoms with E-state index in [1.54, 1.807) is 0 Å². The topological polar surface area (TPSA) is 52.6 Å². The zero-order chi connectivity index (χ0) is 21.3. The van der Waals surface area contributed by atoms with Gasteiger partial charge in [-0.1, -0.05) is 12.1 Å². The minimum atomic E-state index is -2.50. The van der Waals surface area contributed by atoms with E-state index >= 15 is 0 Å². The first-order valence-electron chi connectivity index (χ1n) is 11.3. The SMILES string of the molecule is FC1(F)CCC(Nc2cccc3cc(C4=N[C@@H](CCN5CCOCC5)CS4)[nH]c23)CC1. The molecule has 168 valence electrons. The van der Waals surface area contributed by atoms with Crippen LogP contribution in [0.4, 0.5) is 14.5 Å². The molecule has 0 spiro atoms. The van der Waals surface area contributed by atoms with Crippen molar-refractivity contribution in [1.82, 2.24) is 9.88 Å². The molecule has 1 aromatic carbocycles. The Labute approximate surface area is 186 Å². The van der Waals surface area contributed by atoms with Crippen LogP contribution in [-0.4, -0.2) is 71.5 Å². The third-order valence-electron chi connectivity index (χ3n) is 6.56. The fourth-order valence-electron chi connectivity index (χ4n) is 4.66. The van der Waals surface area contributed by atoms with Crippen LogP contribution >= 0.6 is 11.8 Å². The predicted octanol–water partition coefficient (Wildman–Crippen LogP) is 4.74. The Morgan fingerprint density at radius 3 is 2.84 bits per heavy atom. The second-order valence-corrected chi connectivity index (χ2v) is 9.88. The van der Waals surface area contributed by atoms with Gasteiger partial charge in [0.05, 0.1) is 36.2 Å². The van der Waals surface area contributed by atoms with E-state index in [0.717, 1.165) is 72.3 Å².